The lowest BCUT2D eigenvalue weighted by molar-refractivity contribution is 0.230. The predicted octanol–water partition coefficient (Wildman–Crippen LogP) is 5.80. The van der Waals surface area contributed by atoms with Crippen molar-refractivity contribution in [1.29, 1.82) is 0 Å². The molecule has 0 fully saturated rings. The van der Waals surface area contributed by atoms with E-state index >= 15 is 0 Å². The molecule has 2 aromatic rings. The molecule has 0 heterocycles. The molecule has 3 nitrogen and oxygen atoms in total. The highest BCUT2D eigenvalue weighted by Crippen LogP contribution is 2.25. The molecule has 0 bridgehead atoms. The molecule has 0 radical (unpaired) electrons. The zero-order valence-electron chi connectivity index (χ0n) is 15.3. The first-order chi connectivity index (χ1) is 12.2. The lowest BCUT2D eigenvalue weighted by Crippen LogP contribution is -2.47. The Bertz CT molecular complexity index is 795. The predicted molar refractivity (Wildman–Crippen MR) is 111 cm³/mol. The minimum atomic E-state index is -0.516. The van der Waals surface area contributed by atoms with E-state index in [2.05, 4.69) is 17.2 Å². The van der Waals surface area contributed by atoms with Crippen LogP contribution < -0.4 is 10.6 Å². The molecule has 0 saturated carbocycles. The van der Waals surface area contributed by atoms with Gasteiger partial charge < -0.3 is 10.6 Å². The summed E-state index contributed by atoms with van der Waals surface area (Å²) in [5.74, 6) is 0. The van der Waals surface area contributed by atoms with Crippen LogP contribution in [0.15, 0.2) is 49.0 Å². The van der Waals surface area contributed by atoms with Crippen molar-refractivity contribution in [1.82, 2.24) is 10.6 Å². The molecule has 0 saturated heterocycles. The fourth-order valence-corrected chi connectivity index (χ4v) is 3.23. The van der Waals surface area contributed by atoms with Crippen LogP contribution in [0.3, 0.4) is 0 Å². The topological polar surface area (TPSA) is 41.1 Å². The van der Waals surface area contributed by atoms with Crippen LogP contribution in [0.25, 0.3) is 5.57 Å². The number of rotatable bonds is 6. The van der Waals surface area contributed by atoms with E-state index in [1.807, 2.05) is 45.0 Å². The largest absolute Gasteiger partial charge is 0.338 e. The van der Waals surface area contributed by atoms with Gasteiger partial charge in [-0.1, -0.05) is 59.6 Å². The Morgan fingerprint density at radius 3 is 2.35 bits per heavy atom. The monoisotopic (exact) mass is 390 g/mol. The first-order valence-corrected chi connectivity index (χ1v) is 9.21. The third-order valence-corrected chi connectivity index (χ3v) is 4.93. The zero-order valence-corrected chi connectivity index (χ0v) is 16.8. The SMILES string of the molecule is C=C(C)c1cccc(C(C)(C)NC(=O)NCCc2c(Cl)cccc2Cl)c1. The first-order valence-electron chi connectivity index (χ1n) is 8.46. The van der Waals surface area contributed by atoms with Gasteiger partial charge in [0.2, 0.25) is 0 Å². The molecule has 2 rings (SSSR count). The van der Waals surface area contributed by atoms with E-state index in [0.29, 0.717) is 23.0 Å². The lowest BCUT2D eigenvalue weighted by Gasteiger charge is -2.27. The maximum Gasteiger partial charge on any atom is 0.315 e. The fraction of sp³-hybridized carbons (Fsp3) is 0.286. The van der Waals surface area contributed by atoms with Crippen molar-refractivity contribution in [3.63, 3.8) is 0 Å². The van der Waals surface area contributed by atoms with Crippen LogP contribution in [0, 0.1) is 0 Å². The highest BCUT2D eigenvalue weighted by Gasteiger charge is 2.23. The van der Waals surface area contributed by atoms with Crippen molar-refractivity contribution in [2.24, 2.45) is 0 Å². The Balaban J connectivity index is 1.96. The number of urea groups is 1. The maximum atomic E-state index is 12.3. The molecule has 2 aromatic carbocycles. The van der Waals surface area contributed by atoms with Gasteiger partial charge in [0, 0.05) is 16.6 Å². The third kappa shape index (κ3) is 5.26. The Hall–Kier alpha value is -1.97. The summed E-state index contributed by atoms with van der Waals surface area (Å²) in [6, 6.07) is 13.2. The second-order valence-electron chi connectivity index (χ2n) is 6.82. The van der Waals surface area contributed by atoms with Gasteiger partial charge >= 0.3 is 6.03 Å². The van der Waals surface area contributed by atoms with Crippen molar-refractivity contribution < 1.29 is 4.79 Å². The number of hydrogen-bond donors (Lipinski definition) is 2. The second-order valence-corrected chi connectivity index (χ2v) is 7.63. The molecule has 0 aromatic heterocycles. The highest BCUT2D eigenvalue weighted by atomic mass is 35.5. The lowest BCUT2D eigenvalue weighted by atomic mass is 9.92. The molecule has 2 amide bonds. The molecule has 0 unspecified atom stereocenters. The Labute approximate surface area is 165 Å². The number of benzene rings is 2. The Kier molecular flexibility index (Phi) is 6.74. The van der Waals surface area contributed by atoms with E-state index < -0.39 is 5.54 Å². The van der Waals surface area contributed by atoms with E-state index in [0.717, 1.165) is 22.3 Å². The van der Waals surface area contributed by atoms with E-state index in [-0.39, 0.29) is 6.03 Å². The number of nitrogens with one attached hydrogen (secondary N) is 2. The van der Waals surface area contributed by atoms with Crippen molar-refractivity contribution in [3.8, 4) is 0 Å². The smallest absolute Gasteiger partial charge is 0.315 e. The molecule has 0 spiro atoms. The van der Waals surface area contributed by atoms with Crippen molar-refractivity contribution >= 4 is 34.8 Å². The number of halogens is 2. The van der Waals surface area contributed by atoms with Gasteiger partial charge in [0.25, 0.3) is 0 Å². The standard InChI is InChI=1S/C21H24Cl2N2O/c1-14(2)15-7-5-8-16(13-15)21(3,4)25-20(26)24-12-11-17-18(22)9-6-10-19(17)23/h5-10,13H,1,11-12H2,2-4H3,(H2,24,25,26). The maximum absolute atomic E-state index is 12.3. The number of carbonyl (C=O) groups excluding carboxylic acids is 1. The summed E-state index contributed by atoms with van der Waals surface area (Å²) >= 11 is 12.3. The van der Waals surface area contributed by atoms with Crippen LogP contribution >= 0.6 is 23.2 Å². The fourth-order valence-electron chi connectivity index (χ4n) is 2.65. The van der Waals surface area contributed by atoms with Gasteiger partial charge in [0.1, 0.15) is 0 Å². The van der Waals surface area contributed by atoms with Gasteiger partial charge in [-0.25, -0.2) is 4.79 Å². The van der Waals surface area contributed by atoms with Gasteiger partial charge in [-0.15, -0.1) is 0 Å². The molecule has 0 atom stereocenters. The quantitative estimate of drug-likeness (QED) is 0.642. The molecular weight excluding hydrogens is 367 g/mol. The van der Waals surface area contributed by atoms with E-state index in [4.69, 9.17) is 23.2 Å². The molecule has 5 heteroatoms. The molecule has 138 valence electrons. The van der Waals surface area contributed by atoms with Gasteiger partial charge in [-0.3, -0.25) is 0 Å². The summed E-state index contributed by atoms with van der Waals surface area (Å²) in [7, 11) is 0. The number of carbonyl (C=O) groups is 1. The molecule has 26 heavy (non-hydrogen) atoms. The molecule has 0 aliphatic rings. The van der Waals surface area contributed by atoms with Crippen LogP contribution in [0.5, 0.6) is 0 Å². The molecule has 0 aliphatic carbocycles. The zero-order chi connectivity index (χ0) is 19.3. The van der Waals surface area contributed by atoms with Gasteiger partial charge in [-0.2, -0.15) is 0 Å². The molecule has 0 aliphatic heterocycles. The van der Waals surface area contributed by atoms with Crippen LogP contribution in [-0.4, -0.2) is 12.6 Å². The molecular formula is C21H24Cl2N2O. The van der Waals surface area contributed by atoms with Crippen molar-refractivity contribution in [2.75, 3.05) is 6.54 Å². The third-order valence-electron chi connectivity index (χ3n) is 4.23. The number of amides is 2. The summed E-state index contributed by atoms with van der Waals surface area (Å²) < 4.78 is 0. The molecule has 2 N–H and O–H groups in total. The number of hydrogen-bond acceptors (Lipinski definition) is 1. The highest BCUT2D eigenvalue weighted by molar-refractivity contribution is 6.36. The van der Waals surface area contributed by atoms with Crippen LogP contribution in [0.4, 0.5) is 4.79 Å². The summed E-state index contributed by atoms with van der Waals surface area (Å²) in [4.78, 5) is 12.3. The minimum absolute atomic E-state index is 0.237. The average molecular weight is 391 g/mol. The van der Waals surface area contributed by atoms with Crippen LogP contribution in [-0.2, 0) is 12.0 Å². The summed E-state index contributed by atoms with van der Waals surface area (Å²) in [6.07, 6.45) is 0.567. The average Bonchev–Trinajstić information content (AvgIpc) is 2.57. The van der Waals surface area contributed by atoms with Gasteiger partial charge in [-0.05, 0) is 62.1 Å². The van der Waals surface area contributed by atoms with E-state index in [1.165, 1.54) is 0 Å². The van der Waals surface area contributed by atoms with Gasteiger partial charge in [0.05, 0.1) is 5.54 Å². The Morgan fingerprint density at radius 2 is 1.73 bits per heavy atom. The summed E-state index contributed by atoms with van der Waals surface area (Å²) in [6.45, 7) is 10.3. The van der Waals surface area contributed by atoms with Crippen molar-refractivity contribution in [2.45, 2.75) is 32.7 Å². The summed E-state index contributed by atoms with van der Waals surface area (Å²) in [5.41, 5.74) is 3.39. The van der Waals surface area contributed by atoms with Crippen LogP contribution in [0.2, 0.25) is 10.0 Å². The van der Waals surface area contributed by atoms with E-state index in [1.54, 1.807) is 18.2 Å². The van der Waals surface area contributed by atoms with Crippen molar-refractivity contribution in [3.05, 3.63) is 75.8 Å². The van der Waals surface area contributed by atoms with E-state index in [9.17, 15) is 4.79 Å². The summed E-state index contributed by atoms with van der Waals surface area (Å²) in [5, 5.41) is 7.09. The second kappa shape index (κ2) is 8.61. The Morgan fingerprint density at radius 1 is 1.12 bits per heavy atom. The first kappa shape index (κ1) is 20.3. The number of allylic oxidation sites excluding steroid dienone is 1. The van der Waals surface area contributed by atoms with Gasteiger partial charge in [0.15, 0.2) is 0 Å². The normalized spacial score (nSPS) is 11.1. The van der Waals surface area contributed by atoms with Crippen LogP contribution in [0.1, 0.15) is 37.5 Å². The minimum Gasteiger partial charge on any atom is -0.338 e.